The number of aliphatic hydroxyl groups is 1. The third-order valence-corrected chi connectivity index (χ3v) is 2.79. The van der Waals surface area contributed by atoms with Gasteiger partial charge in [-0.1, -0.05) is 0 Å². The number of ether oxygens (including phenoxy) is 1. The van der Waals surface area contributed by atoms with Crippen LogP contribution < -0.4 is 0 Å². The van der Waals surface area contributed by atoms with Gasteiger partial charge >= 0.3 is 6.09 Å². The molecular weight excluding hydrogens is 206 g/mol. The quantitative estimate of drug-likeness (QED) is 0.805. The van der Waals surface area contributed by atoms with E-state index in [0.29, 0.717) is 12.5 Å². The Labute approximate surface area is 97.6 Å². The average Bonchev–Trinajstić information content (AvgIpc) is 2.07. The lowest BCUT2D eigenvalue weighted by molar-refractivity contribution is 0.0194. The summed E-state index contributed by atoms with van der Waals surface area (Å²) in [4.78, 5) is 13.2. The molecule has 16 heavy (non-hydrogen) atoms. The third-order valence-electron chi connectivity index (χ3n) is 2.79. The minimum absolute atomic E-state index is 0.114. The molecule has 1 N–H and O–H groups in total. The van der Waals surface area contributed by atoms with E-state index in [1.807, 2.05) is 20.8 Å². The smallest absolute Gasteiger partial charge is 0.410 e. The van der Waals surface area contributed by atoms with Crippen LogP contribution in [0.4, 0.5) is 4.79 Å². The molecule has 4 nitrogen and oxygen atoms in total. The first kappa shape index (κ1) is 13.3. The lowest BCUT2D eigenvalue weighted by Gasteiger charge is -2.33. The van der Waals surface area contributed by atoms with Gasteiger partial charge in [-0.3, -0.25) is 0 Å². The van der Waals surface area contributed by atoms with E-state index in [1.54, 1.807) is 11.9 Å². The Morgan fingerprint density at radius 1 is 1.44 bits per heavy atom. The number of aliphatic hydroxyl groups excluding tert-OH is 1. The Kier molecular flexibility index (Phi) is 4.19. The fraction of sp³-hybridized carbons (Fsp3) is 0.917. The Morgan fingerprint density at radius 2 is 2.00 bits per heavy atom. The van der Waals surface area contributed by atoms with Gasteiger partial charge in [-0.25, -0.2) is 4.79 Å². The molecule has 1 aliphatic carbocycles. The second kappa shape index (κ2) is 5.04. The van der Waals surface area contributed by atoms with Crippen LogP contribution in [0, 0.1) is 5.92 Å². The van der Waals surface area contributed by atoms with E-state index in [-0.39, 0.29) is 12.2 Å². The van der Waals surface area contributed by atoms with Gasteiger partial charge in [-0.15, -0.1) is 0 Å². The van der Waals surface area contributed by atoms with Crippen LogP contribution in [0.5, 0.6) is 0 Å². The minimum atomic E-state index is -0.433. The zero-order valence-corrected chi connectivity index (χ0v) is 10.7. The van der Waals surface area contributed by atoms with Gasteiger partial charge in [0.05, 0.1) is 6.10 Å². The first-order valence-electron chi connectivity index (χ1n) is 5.90. The Bertz CT molecular complexity index is 241. The largest absolute Gasteiger partial charge is 0.444 e. The van der Waals surface area contributed by atoms with Gasteiger partial charge in [0.1, 0.15) is 5.60 Å². The lowest BCUT2D eigenvalue weighted by Crippen LogP contribution is -2.37. The molecule has 1 aliphatic rings. The maximum atomic E-state index is 11.6. The maximum Gasteiger partial charge on any atom is 0.410 e. The van der Waals surface area contributed by atoms with Crippen molar-refractivity contribution in [2.75, 3.05) is 13.6 Å². The molecule has 0 heterocycles. The molecule has 0 bridgehead atoms. The molecule has 0 radical (unpaired) electrons. The molecule has 1 saturated carbocycles. The topological polar surface area (TPSA) is 49.8 Å². The number of carbonyl (C=O) groups excluding carboxylic acids is 1. The summed E-state index contributed by atoms with van der Waals surface area (Å²) in [7, 11) is 1.75. The molecule has 1 fully saturated rings. The molecule has 1 amide bonds. The summed E-state index contributed by atoms with van der Waals surface area (Å²) < 4.78 is 5.24. The average molecular weight is 229 g/mol. The molecule has 0 saturated heterocycles. The Morgan fingerprint density at radius 3 is 2.44 bits per heavy atom. The lowest BCUT2D eigenvalue weighted by atomic mass is 9.80. The van der Waals surface area contributed by atoms with Crippen molar-refractivity contribution in [3.05, 3.63) is 0 Å². The van der Waals surface area contributed by atoms with E-state index in [1.165, 1.54) is 0 Å². The van der Waals surface area contributed by atoms with Crippen molar-refractivity contribution in [3.8, 4) is 0 Å². The van der Waals surface area contributed by atoms with Gasteiger partial charge in [-0.2, -0.15) is 0 Å². The Hall–Kier alpha value is -0.770. The molecule has 0 unspecified atom stereocenters. The van der Waals surface area contributed by atoms with E-state index in [2.05, 4.69) is 0 Å². The standard InChI is InChI=1S/C12H23NO3/c1-12(2,3)16-11(15)13(4)6-5-9-7-10(14)8-9/h9-10,14H,5-8H2,1-4H3. The summed E-state index contributed by atoms with van der Waals surface area (Å²) in [5.74, 6) is 0.569. The van der Waals surface area contributed by atoms with Crippen LogP contribution in [0.1, 0.15) is 40.0 Å². The molecule has 0 aliphatic heterocycles. The highest BCUT2D eigenvalue weighted by Gasteiger charge is 2.28. The first-order chi connectivity index (χ1) is 7.28. The summed E-state index contributed by atoms with van der Waals surface area (Å²) in [5.41, 5.74) is -0.433. The van der Waals surface area contributed by atoms with Gasteiger partial charge < -0.3 is 14.7 Å². The first-order valence-corrected chi connectivity index (χ1v) is 5.90. The fourth-order valence-electron chi connectivity index (χ4n) is 1.74. The van der Waals surface area contributed by atoms with Gasteiger partial charge in [0.2, 0.25) is 0 Å². The van der Waals surface area contributed by atoms with E-state index in [9.17, 15) is 4.79 Å². The van der Waals surface area contributed by atoms with Crippen molar-refractivity contribution in [2.24, 2.45) is 5.92 Å². The molecular formula is C12H23NO3. The number of rotatable bonds is 3. The predicted molar refractivity (Wildman–Crippen MR) is 62.2 cm³/mol. The second-order valence-corrected chi connectivity index (χ2v) is 5.68. The molecule has 94 valence electrons. The summed E-state index contributed by atoms with van der Waals surface area (Å²) in [5, 5.41) is 9.14. The maximum absolute atomic E-state index is 11.6. The van der Waals surface area contributed by atoms with Crippen LogP contribution in [0.3, 0.4) is 0 Å². The summed E-state index contributed by atoms with van der Waals surface area (Å²) in [6.45, 7) is 6.29. The van der Waals surface area contributed by atoms with E-state index in [4.69, 9.17) is 9.84 Å². The number of hydrogen-bond acceptors (Lipinski definition) is 3. The van der Waals surface area contributed by atoms with Crippen molar-refractivity contribution < 1.29 is 14.6 Å². The van der Waals surface area contributed by atoms with E-state index in [0.717, 1.165) is 19.3 Å². The normalized spacial score (nSPS) is 24.8. The molecule has 0 aromatic heterocycles. The van der Waals surface area contributed by atoms with Crippen LogP contribution in [0.25, 0.3) is 0 Å². The fourth-order valence-corrected chi connectivity index (χ4v) is 1.74. The molecule has 1 rings (SSSR count). The highest BCUT2D eigenvalue weighted by molar-refractivity contribution is 5.67. The van der Waals surface area contributed by atoms with Gasteiger partial charge in [0.15, 0.2) is 0 Å². The van der Waals surface area contributed by atoms with Crippen molar-refractivity contribution in [1.29, 1.82) is 0 Å². The molecule has 0 aromatic rings. The Balaban J connectivity index is 2.19. The monoisotopic (exact) mass is 229 g/mol. The van der Waals surface area contributed by atoms with Crippen molar-refractivity contribution in [2.45, 2.75) is 51.7 Å². The second-order valence-electron chi connectivity index (χ2n) is 5.68. The number of hydrogen-bond donors (Lipinski definition) is 1. The van der Waals surface area contributed by atoms with E-state index >= 15 is 0 Å². The molecule has 4 heteroatoms. The van der Waals surface area contributed by atoms with E-state index < -0.39 is 5.60 Å². The van der Waals surface area contributed by atoms with Crippen LogP contribution in [0.2, 0.25) is 0 Å². The molecule has 0 aromatic carbocycles. The SMILES string of the molecule is CN(CCC1CC(O)C1)C(=O)OC(C)(C)C. The highest BCUT2D eigenvalue weighted by Crippen LogP contribution is 2.30. The molecule has 0 spiro atoms. The number of nitrogens with zero attached hydrogens (tertiary/aromatic N) is 1. The van der Waals surface area contributed by atoms with Crippen LogP contribution in [-0.2, 0) is 4.74 Å². The van der Waals surface area contributed by atoms with Crippen molar-refractivity contribution in [1.82, 2.24) is 4.90 Å². The molecule has 0 atom stereocenters. The van der Waals surface area contributed by atoms with Crippen molar-refractivity contribution in [3.63, 3.8) is 0 Å². The van der Waals surface area contributed by atoms with Gasteiger partial charge in [0, 0.05) is 13.6 Å². The van der Waals surface area contributed by atoms with Crippen molar-refractivity contribution >= 4 is 6.09 Å². The van der Waals surface area contributed by atoms with Crippen LogP contribution >= 0.6 is 0 Å². The van der Waals surface area contributed by atoms with Crippen LogP contribution in [0.15, 0.2) is 0 Å². The van der Waals surface area contributed by atoms with Gasteiger partial charge in [-0.05, 0) is 46.0 Å². The third kappa shape index (κ3) is 4.39. The van der Waals surface area contributed by atoms with Crippen LogP contribution in [-0.4, -0.2) is 41.4 Å². The summed E-state index contributed by atoms with van der Waals surface area (Å²) in [6.07, 6.45) is 2.32. The predicted octanol–water partition coefficient (Wildman–Crippen LogP) is 2.01. The zero-order chi connectivity index (χ0) is 12.3. The highest BCUT2D eigenvalue weighted by atomic mass is 16.6. The minimum Gasteiger partial charge on any atom is -0.444 e. The summed E-state index contributed by atoms with van der Waals surface area (Å²) >= 11 is 0. The summed E-state index contributed by atoms with van der Waals surface area (Å²) in [6, 6.07) is 0. The van der Waals surface area contributed by atoms with Gasteiger partial charge in [0.25, 0.3) is 0 Å². The number of carbonyl (C=O) groups is 1. The number of amides is 1. The zero-order valence-electron chi connectivity index (χ0n) is 10.7.